The predicted molar refractivity (Wildman–Crippen MR) is 81.8 cm³/mol. The summed E-state index contributed by atoms with van der Waals surface area (Å²) in [6.45, 7) is 8.33. The number of aliphatic hydroxyl groups excluding tert-OH is 1. The molecule has 1 aliphatic heterocycles. The third-order valence-corrected chi connectivity index (χ3v) is 3.62. The Morgan fingerprint density at radius 1 is 1.24 bits per heavy atom. The molecule has 21 heavy (non-hydrogen) atoms. The van der Waals surface area contributed by atoms with Crippen LogP contribution < -0.4 is 10.6 Å². The molecule has 1 saturated heterocycles. The van der Waals surface area contributed by atoms with Gasteiger partial charge in [0, 0.05) is 37.7 Å². The van der Waals surface area contributed by atoms with Crippen LogP contribution in [0.15, 0.2) is 0 Å². The van der Waals surface area contributed by atoms with E-state index in [0.29, 0.717) is 45.4 Å². The van der Waals surface area contributed by atoms with Gasteiger partial charge in [-0.3, -0.25) is 9.59 Å². The van der Waals surface area contributed by atoms with Crippen LogP contribution in [-0.2, 0) is 9.59 Å². The minimum Gasteiger partial charge on any atom is -0.396 e. The number of amides is 2. The van der Waals surface area contributed by atoms with E-state index in [1.807, 2.05) is 25.7 Å². The first-order chi connectivity index (χ1) is 9.83. The van der Waals surface area contributed by atoms with Crippen molar-refractivity contribution < 1.29 is 14.7 Å². The van der Waals surface area contributed by atoms with Crippen molar-refractivity contribution in [1.82, 2.24) is 15.5 Å². The van der Waals surface area contributed by atoms with Gasteiger partial charge in [0.2, 0.25) is 11.8 Å². The molecule has 1 fully saturated rings. The Hall–Kier alpha value is -1.14. The lowest BCUT2D eigenvalue weighted by atomic mass is 9.96. The molecule has 0 aromatic heterocycles. The molecule has 0 spiro atoms. The number of nitrogens with one attached hydrogen (secondary N) is 2. The molecule has 122 valence electrons. The second kappa shape index (κ2) is 8.34. The predicted octanol–water partition coefficient (Wildman–Crippen LogP) is 0.112. The summed E-state index contributed by atoms with van der Waals surface area (Å²) in [6.07, 6.45) is 2.01. The van der Waals surface area contributed by atoms with Crippen molar-refractivity contribution in [3.63, 3.8) is 0 Å². The van der Waals surface area contributed by atoms with Crippen LogP contribution in [0, 0.1) is 5.92 Å². The fourth-order valence-electron chi connectivity index (χ4n) is 2.28. The number of carbonyl (C=O) groups excluding carboxylic acids is 2. The summed E-state index contributed by atoms with van der Waals surface area (Å²) >= 11 is 0. The van der Waals surface area contributed by atoms with Crippen molar-refractivity contribution >= 4 is 11.8 Å². The van der Waals surface area contributed by atoms with E-state index in [1.54, 1.807) is 0 Å². The fourth-order valence-corrected chi connectivity index (χ4v) is 2.28. The molecule has 0 aromatic carbocycles. The molecule has 6 nitrogen and oxygen atoms in total. The SMILES string of the molecule is CC(C)(C)NCC(=O)N1CCC(C(=O)NCCCO)CC1. The summed E-state index contributed by atoms with van der Waals surface area (Å²) in [5, 5.41) is 14.7. The number of carbonyl (C=O) groups is 2. The van der Waals surface area contributed by atoms with Crippen LogP contribution in [0.3, 0.4) is 0 Å². The molecule has 0 unspecified atom stereocenters. The van der Waals surface area contributed by atoms with E-state index in [0.717, 1.165) is 0 Å². The summed E-state index contributed by atoms with van der Waals surface area (Å²) in [6, 6.07) is 0. The van der Waals surface area contributed by atoms with Gasteiger partial charge in [0.15, 0.2) is 0 Å². The zero-order chi connectivity index (χ0) is 15.9. The van der Waals surface area contributed by atoms with Gasteiger partial charge in [0.25, 0.3) is 0 Å². The first-order valence-corrected chi connectivity index (χ1v) is 7.75. The normalized spacial score (nSPS) is 16.9. The number of hydrogen-bond acceptors (Lipinski definition) is 4. The average molecular weight is 299 g/mol. The van der Waals surface area contributed by atoms with Crippen LogP contribution >= 0.6 is 0 Å². The van der Waals surface area contributed by atoms with Crippen LogP contribution in [0.1, 0.15) is 40.0 Å². The summed E-state index contributed by atoms with van der Waals surface area (Å²) in [7, 11) is 0. The Labute approximate surface area is 127 Å². The Balaban J connectivity index is 2.28. The zero-order valence-electron chi connectivity index (χ0n) is 13.4. The highest BCUT2D eigenvalue weighted by atomic mass is 16.3. The van der Waals surface area contributed by atoms with Gasteiger partial charge in [-0.15, -0.1) is 0 Å². The maximum Gasteiger partial charge on any atom is 0.236 e. The van der Waals surface area contributed by atoms with E-state index in [1.165, 1.54) is 0 Å². The molecule has 0 aliphatic carbocycles. The topological polar surface area (TPSA) is 81.7 Å². The van der Waals surface area contributed by atoms with Gasteiger partial charge in [-0.2, -0.15) is 0 Å². The highest BCUT2D eigenvalue weighted by molar-refractivity contribution is 5.80. The van der Waals surface area contributed by atoms with Gasteiger partial charge < -0.3 is 20.6 Å². The van der Waals surface area contributed by atoms with Crippen LogP contribution in [-0.4, -0.2) is 60.1 Å². The van der Waals surface area contributed by atoms with Crippen LogP contribution in [0.5, 0.6) is 0 Å². The van der Waals surface area contributed by atoms with E-state index in [9.17, 15) is 9.59 Å². The summed E-state index contributed by atoms with van der Waals surface area (Å²) in [4.78, 5) is 25.8. The minimum absolute atomic E-state index is 0.0108. The van der Waals surface area contributed by atoms with Crippen LogP contribution in [0.2, 0.25) is 0 Å². The molecule has 3 N–H and O–H groups in total. The molecule has 1 heterocycles. The van der Waals surface area contributed by atoms with E-state index in [4.69, 9.17) is 5.11 Å². The Morgan fingerprint density at radius 3 is 2.38 bits per heavy atom. The van der Waals surface area contributed by atoms with E-state index >= 15 is 0 Å². The molecule has 0 aromatic rings. The van der Waals surface area contributed by atoms with Crippen molar-refractivity contribution in [2.45, 2.75) is 45.6 Å². The Morgan fingerprint density at radius 2 is 1.86 bits per heavy atom. The first-order valence-electron chi connectivity index (χ1n) is 7.75. The first kappa shape index (κ1) is 17.9. The molecule has 0 atom stereocenters. The lowest BCUT2D eigenvalue weighted by Gasteiger charge is -2.32. The second-order valence-corrected chi connectivity index (χ2v) is 6.63. The smallest absolute Gasteiger partial charge is 0.236 e. The fraction of sp³-hybridized carbons (Fsp3) is 0.867. The third-order valence-electron chi connectivity index (χ3n) is 3.62. The lowest BCUT2D eigenvalue weighted by Crippen LogP contribution is -2.48. The molecule has 1 aliphatic rings. The van der Waals surface area contributed by atoms with E-state index in [-0.39, 0.29) is 29.9 Å². The average Bonchev–Trinajstić information content (AvgIpc) is 2.44. The summed E-state index contributed by atoms with van der Waals surface area (Å²) < 4.78 is 0. The number of nitrogens with zero attached hydrogens (tertiary/aromatic N) is 1. The van der Waals surface area contributed by atoms with Gasteiger partial charge in [-0.05, 0) is 40.0 Å². The standard InChI is InChI=1S/C15H29N3O3/c1-15(2,3)17-11-13(20)18-8-5-12(6-9-18)14(21)16-7-4-10-19/h12,17,19H,4-11H2,1-3H3,(H,16,21). The molecule has 0 radical (unpaired) electrons. The van der Waals surface area contributed by atoms with Crippen molar-refractivity contribution in [3.8, 4) is 0 Å². The number of rotatable bonds is 6. The molecule has 0 saturated carbocycles. The zero-order valence-corrected chi connectivity index (χ0v) is 13.4. The maximum atomic E-state index is 12.1. The summed E-state index contributed by atoms with van der Waals surface area (Å²) in [5.74, 6) is 0.135. The molecule has 1 rings (SSSR count). The van der Waals surface area contributed by atoms with Gasteiger partial charge in [0.1, 0.15) is 0 Å². The van der Waals surface area contributed by atoms with E-state index in [2.05, 4.69) is 10.6 Å². The van der Waals surface area contributed by atoms with Gasteiger partial charge in [-0.25, -0.2) is 0 Å². The van der Waals surface area contributed by atoms with E-state index < -0.39 is 0 Å². The van der Waals surface area contributed by atoms with Crippen LogP contribution in [0.4, 0.5) is 0 Å². The minimum atomic E-state index is -0.0689. The highest BCUT2D eigenvalue weighted by Crippen LogP contribution is 2.17. The monoisotopic (exact) mass is 299 g/mol. The highest BCUT2D eigenvalue weighted by Gasteiger charge is 2.27. The van der Waals surface area contributed by atoms with Crippen molar-refractivity contribution in [2.24, 2.45) is 5.92 Å². The van der Waals surface area contributed by atoms with Gasteiger partial charge in [0.05, 0.1) is 6.54 Å². The molecular weight excluding hydrogens is 270 g/mol. The maximum absolute atomic E-state index is 12.1. The number of aliphatic hydroxyl groups is 1. The Bertz CT molecular complexity index is 345. The molecular formula is C15H29N3O3. The third kappa shape index (κ3) is 6.91. The van der Waals surface area contributed by atoms with Crippen molar-refractivity contribution in [3.05, 3.63) is 0 Å². The molecule has 0 bridgehead atoms. The lowest BCUT2D eigenvalue weighted by molar-refractivity contribution is -0.135. The van der Waals surface area contributed by atoms with Crippen molar-refractivity contribution in [2.75, 3.05) is 32.8 Å². The van der Waals surface area contributed by atoms with Crippen molar-refractivity contribution in [1.29, 1.82) is 0 Å². The second-order valence-electron chi connectivity index (χ2n) is 6.63. The molecule has 2 amide bonds. The quantitative estimate of drug-likeness (QED) is 0.608. The van der Waals surface area contributed by atoms with Gasteiger partial charge >= 0.3 is 0 Å². The summed E-state index contributed by atoms with van der Waals surface area (Å²) in [5.41, 5.74) is -0.0689. The van der Waals surface area contributed by atoms with Gasteiger partial charge in [-0.1, -0.05) is 0 Å². The Kier molecular flexibility index (Phi) is 7.11. The number of hydrogen-bond donors (Lipinski definition) is 3. The molecule has 6 heteroatoms. The number of likely N-dealkylation sites (tertiary alicyclic amines) is 1. The number of piperidine rings is 1. The largest absolute Gasteiger partial charge is 0.396 e. The van der Waals surface area contributed by atoms with Crippen LogP contribution in [0.25, 0.3) is 0 Å².